The van der Waals surface area contributed by atoms with Crippen molar-refractivity contribution >= 4 is 23.5 Å². The number of esters is 2. The largest absolute Gasteiger partial charge is 0.465 e. The van der Waals surface area contributed by atoms with Gasteiger partial charge in [-0.3, -0.25) is 9.59 Å². The van der Waals surface area contributed by atoms with Crippen molar-refractivity contribution in [2.45, 2.75) is 6.92 Å². The molecule has 0 spiro atoms. The van der Waals surface area contributed by atoms with Gasteiger partial charge in [-0.05, 0) is 31.2 Å². The van der Waals surface area contributed by atoms with Crippen LogP contribution in [-0.4, -0.2) is 42.7 Å². The summed E-state index contributed by atoms with van der Waals surface area (Å²) in [6.45, 7) is 1.68. The molecule has 1 aliphatic carbocycles. The van der Waals surface area contributed by atoms with E-state index in [1.54, 1.807) is 13.0 Å². The molecule has 3 rings (SSSR count). The molecule has 0 fully saturated rings. The van der Waals surface area contributed by atoms with E-state index in [-0.39, 0.29) is 33.5 Å². The van der Waals surface area contributed by atoms with E-state index >= 15 is 0 Å². The normalized spacial score (nSPS) is 12.3. The Bertz CT molecular complexity index is 960. The van der Waals surface area contributed by atoms with E-state index in [0.29, 0.717) is 5.69 Å². The van der Waals surface area contributed by atoms with Crippen LogP contribution in [0.4, 0.5) is 0 Å². The van der Waals surface area contributed by atoms with E-state index in [1.807, 2.05) is 0 Å². The summed E-state index contributed by atoms with van der Waals surface area (Å²) in [6, 6.07) is 5.61. The molecule has 1 heterocycles. The van der Waals surface area contributed by atoms with Crippen LogP contribution in [0.25, 0.3) is 0 Å². The number of ketones is 2. The van der Waals surface area contributed by atoms with Crippen molar-refractivity contribution in [1.29, 1.82) is 0 Å². The molecule has 0 radical (unpaired) electrons. The lowest BCUT2D eigenvalue weighted by Gasteiger charge is -2.21. The molecule has 1 aliphatic rings. The van der Waals surface area contributed by atoms with Crippen LogP contribution >= 0.6 is 0 Å². The molecular weight excluding hydrogens is 326 g/mol. The molecule has 2 aromatic rings. The molecule has 0 atom stereocenters. The van der Waals surface area contributed by atoms with Gasteiger partial charge in [-0.2, -0.15) is 0 Å². The predicted octanol–water partition coefficient (Wildman–Crippen LogP) is 1.74. The number of nitrogens with zero attached hydrogens (tertiary/aromatic N) is 1. The summed E-state index contributed by atoms with van der Waals surface area (Å²) >= 11 is 0. The van der Waals surface area contributed by atoms with Gasteiger partial charge in [0, 0.05) is 11.3 Å². The van der Waals surface area contributed by atoms with Crippen molar-refractivity contribution in [3.05, 3.63) is 63.5 Å². The molecule has 0 aliphatic heterocycles. The maximum Gasteiger partial charge on any atom is 0.338 e. The Labute approximate surface area is 142 Å². The first-order chi connectivity index (χ1) is 11.9. The number of fused-ring (bicyclic) bond motifs is 2. The van der Waals surface area contributed by atoms with E-state index in [9.17, 15) is 19.2 Å². The minimum absolute atomic E-state index is 0.0512. The third-order valence-corrected chi connectivity index (χ3v) is 3.96. The standard InChI is InChI=1S/C18H13NO6/c1-8-4-5-11-14(19-8)16(21)13-10(18(23)25-3)7-6-9(17(22)24-2)12(13)15(11)20/h4-7H,1-3H3. The van der Waals surface area contributed by atoms with Gasteiger partial charge in [-0.25, -0.2) is 14.6 Å². The highest BCUT2D eigenvalue weighted by Gasteiger charge is 2.38. The van der Waals surface area contributed by atoms with Gasteiger partial charge < -0.3 is 9.47 Å². The third-order valence-electron chi connectivity index (χ3n) is 3.96. The number of methoxy groups -OCH3 is 2. The van der Waals surface area contributed by atoms with Gasteiger partial charge in [0.15, 0.2) is 5.78 Å². The van der Waals surface area contributed by atoms with Crippen LogP contribution in [0.3, 0.4) is 0 Å². The monoisotopic (exact) mass is 339 g/mol. The molecule has 0 bridgehead atoms. The maximum absolute atomic E-state index is 12.9. The lowest BCUT2D eigenvalue weighted by Crippen LogP contribution is -2.28. The first kappa shape index (κ1) is 16.5. The van der Waals surface area contributed by atoms with Crippen LogP contribution in [0.2, 0.25) is 0 Å². The summed E-state index contributed by atoms with van der Waals surface area (Å²) in [6.07, 6.45) is 0. The van der Waals surface area contributed by atoms with Gasteiger partial charge in [-0.1, -0.05) is 0 Å². The van der Waals surface area contributed by atoms with Gasteiger partial charge in [0.25, 0.3) is 0 Å². The van der Waals surface area contributed by atoms with Crippen molar-refractivity contribution in [1.82, 2.24) is 4.98 Å². The highest BCUT2D eigenvalue weighted by molar-refractivity contribution is 6.32. The molecule has 126 valence electrons. The second-order valence-electron chi connectivity index (χ2n) is 5.40. The number of hydrogen-bond acceptors (Lipinski definition) is 7. The highest BCUT2D eigenvalue weighted by atomic mass is 16.5. The Kier molecular flexibility index (Phi) is 3.92. The molecule has 1 aromatic heterocycles. The van der Waals surface area contributed by atoms with E-state index in [2.05, 4.69) is 14.5 Å². The van der Waals surface area contributed by atoms with Gasteiger partial charge in [-0.15, -0.1) is 0 Å². The van der Waals surface area contributed by atoms with E-state index in [0.717, 1.165) is 14.2 Å². The van der Waals surface area contributed by atoms with Crippen LogP contribution in [0.1, 0.15) is 58.4 Å². The van der Waals surface area contributed by atoms with E-state index in [4.69, 9.17) is 0 Å². The number of ether oxygens (including phenoxy) is 2. The average Bonchev–Trinajstić information content (AvgIpc) is 2.63. The molecule has 0 saturated carbocycles. The minimum Gasteiger partial charge on any atom is -0.465 e. The predicted molar refractivity (Wildman–Crippen MR) is 85.0 cm³/mol. The molecule has 0 N–H and O–H groups in total. The van der Waals surface area contributed by atoms with Crippen molar-refractivity contribution in [3.8, 4) is 0 Å². The Morgan fingerprint density at radius 3 is 1.88 bits per heavy atom. The van der Waals surface area contributed by atoms with Crippen molar-refractivity contribution in [2.75, 3.05) is 14.2 Å². The zero-order chi connectivity index (χ0) is 18.3. The average molecular weight is 339 g/mol. The smallest absolute Gasteiger partial charge is 0.338 e. The summed E-state index contributed by atoms with van der Waals surface area (Å²) in [5.41, 5.74) is 0.0301. The first-order valence-corrected chi connectivity index (χ1v) is 7.31. The summed E-state index contributed by atoms with van der Waals surface area (Å²) in [5, 5.41) is 0. The summed E-state index contributed by atoms with van der Waals surface area (Å²) in [7, 11) is 2.32. The molecule has 7 nitrogen and oxygen atoms in total. The third kappa shape index (κ3) is 2.40. The van der Waals surface area contributed by atoms with Crippen molar-refractivity contribution in [2.24, 2.45) is 0 Å². The molecule has 0 amide bonds. The number of aryl methyl sites for hydroxylation is 1. The number of carbonyl (C=O) groups is 4. The minimum atomic E-state index is -0.787. The quantitative estimate of drug-likeness (QED) is 0.656. The van der Waals surface area contributed by atoms with Crippen molar-refractivity contribution < 1.29 is 28.7 Å². The lowest BCUT2D eigenvalue weighted by atomic mass is 9.81. The van der Waals surface area contributed by atoms with E-state index < -0.39 is 23.5 Å². The number of rotatable bonds is 2. The molecular formula is C18H13NO6. The number of carbonyl (C=O) groups excluding carboxylic acids is 4. The van der Waals surface area contributed by atoms with Crippen LogP contribution in [0, 0.1) is 6.92 Å². The number of pyridine rings is 1. The molecule has 1 aromatic carbocycles. The molecule has 7 heteroatoms. The summed E-state index contributed by atoms with van der Waals surface area (Å²) in [5.74, 6) is -2.75. The number of benzene rings is 1. The molecule has 0 saturated heterocycles. The van der Waals surface area contributed by atoms with Gasteiger partial charge in [0.1, 0.15) is 5.69 Å². The fourth-order valence-corrected chi connectivity index (χ4v) is 2.80. The van der Waals surface area contributed by atoms with Crippen LogP contribution in [-0.2, 0) is 9.47 Å². The van der Waals surface area contributed by atoms with Crippen LogP contribution in [0.15, 0.2) is 24.3 Å². The zero-order valence-electron chi connectivity index (χ0n) is 13.7. The second kappa shape index (κ2) is 5.94. The van der Waals surface area contributed by atoms with Crippen molar-refractivity contribution in [3.63, 3.8) is 0 Å². The Balaban J connectivity index is 2.39. The number of aromatic nitrogens is 1. The zero-order valence-corrected chi connectivity index (χ0v) is 13.7. The number of hydrogen-bond donors (Lipinski definition) is 0. The maximum atomic E-state index is 12.9. The van der Waals surface area contributed by atoms with Gasteiger partial charge in [0.2, 0.25) is 5.78 Å². The highest BCUT2D eigenvalue weighted by Crippen LogP contribution is 2.32. The van der Waals surface area contributed by atoms with Crippen LogP contribution < -0.4 is 0 Å². The Morgan fingerprint density at radius 2 is 1.36 bits per heavy atom. The lowest BCUT2D eigenvalue weighted by molar-refractivity contribution is 0.0583. The van der Waals surface area contributed by atoms with E-state index in [1.165, 1.54) is 18.2 Å². The van der Waals surface area contributed by atoms with Gasteiger partial charge >= 0.3 is 11.9 Å². The Morgan fingerprint density at radius 1 is 0.840 bits per heavy atom. The van der Waals surface area contributed by atoms with Crippen LogP contribution in [0.5, 0.6) is 0 Å². The molecule has 0 unspecified atom stereocenters. The summed E-state index contributed by atoms with van der Waals surface area (Å²) < 4.78 is 9.37. The molecule has 25 heavy (non-hydrogen) atoms. The van der Waals surface area contributed by atoms with Gasteiger partial charge in [0.05, 0.1) is 36.5 Å². The fraction of sp³-hybridized carbons (Fsp3) is 0.167. The summed E-state index contributed by atoms with van der Waals surface area (Å²) in [4.78, 5) is 54.1. The fourth-order valence-electron chi connectivity index (χ4n) is 2.80. The Hall–Kier alpha value is -3.35. The second-order valence-corrected chi connectivity index (χ2v) is 5.40. The SMILES string of the molecule is COC(=O)c1ccc(C(=O)OC)c2c1C(=O)c1ccc(C)nc1C2=O. The topological polar surface area (TPSA) is 99.6 Å². The first-order valence-electron chi connectivity index (χ1n) is 7.31.